The van der Waals surface area contributed by atoms with Crippen molar-refractivity contribution in [3.8, 4) is 6.07 Å². The Kier molecular flexibility index (Phi) is 3.46. The van der Waals surface area contributed by atoms with E-state index in [0.29, 0.717) is 6.54 Å². The van der Waals surface area contributed by atoms with Crippen LogP contribution in [0.25, 0.3) is 0 Å². The van der Waals surface area contributed by atoms with E-state index in [4.69, 9.17) is 5.26 Å². The van der Waals surface area contributed by atoms with Gasteiger partial charge in [-0.1, -0.05) is 0 Å². The van der Waals surface area contributed by atoms with Crippen molar-refractivity contribution >= 4 is 11.8 Å². The van der Waals surface area contributed by atoms with Gasteiger partial charge in [0.25, 0.3) is 0 Å². The van der Waals surface area contributed by atoms with Crippen LogP contribution in [0.5, 0.6) is 0 Å². The lowest BCUT2D eigenvalue weighted by Gasteiger charge is -2.19. The fraction of sp³-hybridized carbons (Fsp3) is 0.667. The minimum absolute atomic E-state index is 0.00644. The molecule has 5 heteroatoms. The first-order valence-corrected chi connectivity index (χ1v) is 4.58. The molecule has 76 valence electrons. The van der Waals surface area contributed by atoms with E-state index in [2.05, 4.69) is 11.4 Å². The zero-order valence-corrected chi connectivity index (χ0v) is 8.12. The Morgan fingerprint density at radius 1 is 1.64 bits per heavy atom. The van der Waals surface area contributed by atoms with Crippen molar-refractivity contribution in [2.75, 3.05) is 13.1 Å². The molecular formula is C9H13N3O2. The molecule has 1 heterocycles. The zero-order valence-electron chi connectivity index (χ0n) is 8.12. The van der Waals surface area contributed by atoms with Crippen molar-refractivity contribution in [2.45, 2.75) is 25.8 Å². The molecule has 0 radical (unpaired) electrons. The van der Waals surface area contributed by atoms with E-state index >= 15 is 0 Å². The molecule has 2 amide bonds. The maximum Gasteiger partial charge on any atom is 0.243 e. The van der Waals surface area contributed by atoms with Crippen LogP contribution in [0, 0.1) is 11.3 Å². The summed E-state index contributed by atoms with van der Waals surface area (Å²) in [6.07, 6.45) is 1.60. The molecule has 0 spiro atoms. The summed E-state index contributed by atoms with van der Waals surface area (Å²) in [6, 6.07) is 1.77. The molecule has 14 heavy (non-hydrogen) atoms. The second-order valence-electron chi connectivity index (χ2n) is 3.28. The third-order valence-corrected chi connectivity index (χ3v) is 2.21. The first-order valence-electron chi connectivity index (χ1n) is 4.58. The molecule has 0 saturated carbocycles. The van der Waals surface area contributed by atoms with Gasteiger partial charge in [-0.25, -0.2) is 0 Å². The third-order valence-electron chi connectivity index (χ3n) is 2.21. The molecule has 0 aliphatic carbocycles. The molecule has 0 bridgehead atoms. The van der Waals surface area contributed by atoms with Crippen molar-refractivity contribution in [3.05, 3.63) is 0 Å². The molecule has 0 aromatic heterocycles. The van der Waals surface area contributed by atoms with Gasteiger partial charge in [-0.15, -0.1) is 0 Å². The van der Waals surface area contributed by atoms with Gasteiger partial charge < -0.3 is 10.2 Å². The monoisotopic (exact) mass is 195 g/mol. The number of rotatable bonds is 2. The van der Waals surface area contributed by atoms with E-state index in [-0.39, 0.29) is 24.4 Å². The maximum atomic E-state index is 11.5. The van der Waals surface area contributed by atoms with Crippen molar-refractivity contribution in [2.24, 2.45) is 0 Å². The molecule has 1 unspecified atom stereocenters. The van der Waals surface area contributed by atoms with Gasteiger partial charge in [0.1, 0.15) is 6.04 Å². The highest BCUT2D eigenvalue weighted by Gasteiger charge is 2.27. The average Bonchev–Trinajstić information content (AvgIpc) is 2.61. The van der Waals surface area contributed by atoms with Gasteiger partial charge in [0.2, 0.25) is 11.8 Å². The summed E-state index contributed by atoms with van der Waals surface area (Å²) >= 11 is 0. The number of nitriles is 1. The van der Waals surface area contributed by atoms with Gasteiger partial charge in [-0.2, -0.15) is 5.26 Å². The number of amides is 2. The molecule has 1 atom stereocenters. The van der Waals surface area contributed by atoms with E-state index in [9.17, 15) is 9.59 Å². The number of hydrogen-bond donors (Lipinski definition) is 1. The molecule has 1 fully saturated rings. The standard InChI is InChI=1S/C9H13N3O2/c1-7(13)11-6-9(14)12-4-2-3-8(12)5-10/h8H,2-4,6H2,1H3,(H,11,13). The fourth-order valence-corrected chi connectivity index (χ4v) is 1.50. The highest BCUT2D eigenvalue weighted by atomic mass is 16.2. The average molecular weight is 195 g/mol. The molecule has 5 nitrogen and oxygen atoms in total. The summed E-state index contributed by atoms with van der Waals surface area (Å²) in [5.41, 5.74) is 0. The predicted molar refractivity (Wildman–Crippen MR) is 49.0 cm³/mol. The fourth-order valence-electron chi connectivity index (χ4n) is 1.50. The van der Waals surface area contributed by atoms with E-state index < -0.39 is 0 Å². The number of likely N-dealkylation sites (tertiary alicyclic amines) is 1. The second kappa shape index (κ2) is 4.61. The Morgan fingerprint density at radius 3 is 2.93 bits per heavy atom. The minimum Gasteiger partial charge on any atom is -0.347 e. The molecule has 0 aromatic rings. The van der Waals surface area contributed by atoms with E-state index in [1.165, 1.54) is 11.8 Å². The number of nitrogens with one attached hydrogen (secondary N) is 1. The maximum absolute atomic E-state index is 11.5. The van der Waals surface area contributed by atoms with Crippen molar-refractivity contribution in [3.63, 3.8) is 0 Å². The summed E-state index contributed by atoms with van der Waals surface area (Å²) in [5, 5.41) is 11.2. The highest BCUT2D eigenvalue weighted by molar-refractivity contribution is 5.84. The van der Waals surface area contributed by atoms with Crippen LogP contribution >= 0.6 is 0 Å². The first kappa shape index (κ1) is 10.5. The van der Waals surface area contributed by atoms with Crippen molar-refractivity contribution < 1.29 is 9.59 Å². The Bertz CT molecular complexity index is 282. The van der Waals surface area contributed by atoms with Crippen LogP contribution in [0.1, 0.15) is 19.8 Å². The van der Waals surface area contributed by atoms with Crippen LogP contribution in [-0.4, -0.2) is 35.8 Å². The second-order valence-corrected chi connectivity index (χ2v) is 3.28. The Labute approximate surface area is 82.7 Å². The van der Waals surface area contributed by atoms with Crippen LogP contribution in [0.2, 0.25) is 0 Å². The van der Waals surface area contributed by atoms with Crippen molar-refractivity contribution in [1.29, 1.82) is 5.26 Å². The lowest BCUT2D eigenvalue weighted by molar-refractivity contribution is -0.132. The topological polar surface area (TPSA) is 73.2 Å². The summed E-state index contributed by atoms with van der Waals surface area (Å²) in [6.45, 7) is 1.98. The van der Waals surface area contributed by atoms with Gasteiger partial charge in [0.05, 0.1) is 12.6 Å². The number of carbonyl (C=O) groups is 2. The molecule has 1 saturated heterocycles. The third kappa shape index (κ3) is 2.46. The van der Waals surface area contributed by atoms with Crippen molar-refractivity contribution in [1.82, 2.24) is 10.2 Å². The summed E-state index contributed by atoms with van der Waals surface area (Å²) in [7, 11) is 0. The molecule has 1 aliphatic heterocycles. The van der Waals surface area contributed by atoms with Gasteiger partial charge >= 0.3 is 0 Å². The van der Waals surface area contributed by atoms with E-state index in [1.54, 1.807) is 0 Å². The van der Waals surface area contributed by atoms with Gasteiger partial charge in [0.15, 0.2) is 0 Å². The van der Waals surface area contributed by atoms with Crippen LogP contribution in [-0.2, 0) is 9.59 Å². The highest BCUT2D eigenvalue weighted by Crippen LogP contribution is 2.15. The quantitative estimate of drug-likeness (QED) is 0.653. The minimum atomic E-state index is -0.309. The molecule has 1 aliphatic rings. The largest absolute Gasteiger partial charge is 0.347 e. The Hall–Kier alpha value is -1.57. The van der Waals surface area contributed by atoms with Gasteiger partial charge in [-0.05, 0) is 12.8 Å². The lowest BCUT2D eigenvalue weighted by Crippen LogP contribution is -2.41. The normalized spacial score (nSPS) is 20.3. The smallest absolute Gasteiger partial charge is 0.243 e. The SMILES string of the molecule is CC(=O)NCC(=O)N1CCCC1C#N. The van der Waals surface area contributed by atoms with E-state index in [1.807, 2.05) is 0 Å². The van der Waals surface area contributed by atoms with Gasteiger partial charge in [-0.3, -0.25) is 9.59 Å². The Balaban J connectivity index is 2.44. The summed E-state index contributed by atoms with van der Waals surface area (Å²) < 4.78 is 0. The lowest BCUT2D eigenvalue weighted by atomic mass is 10.2. The Morgan fingerprint density at radius 2 is 2.36 bits per heavy atom. The number of hydrogen-bond acceptors (Lipinski definition) is 3. The predicted octanol–water partition coefficient (Wildman–Crippen LogP) is -0.363. The summed E-state index contributed by atoms with van der Waals surface area (Å²) in [5.74, 6) is -0.407. The van der Waals surface area contributed by atoms with E-state index in [0.717, 1.165) is 12.8 Å². The molecule has 0 aromatic carbocycles. The molecular weight excluding hydrogens is 182 g/mol. The van der Waals surface area contributed by atoms with Crippen LogP contribution in [0.3, 0.4) is 0 Å². The zero-order chi connectivity index (χ0) is 10.6. The van der Waals surface area contributed by atoms with Crippen LogP contribution in [0.4, 0.5) is 0 Å². The number of carbonyl (C=O) groups excluding carboxylic acids is 2. The number of nitrogens with zero attached hydrogens (tertiary/aromatic N) is 2. The molecule has 1 rings (SSSR count). The molecule has 1 N–H and O–H groups in total. The van der Waals surface area contributed by atoms with Gasteiger partial charge in [0, 0.05) is 13.5 Å². The first-order chi connectivity index (χ1) is 6.65. The van der Waals surface area contributed by atoms with Crippen LogP contribution < -0.4 is 5.32 Å². The summed E-state index contributed by atoms with van der Waals surface area (Å²) in [4.78, 5) is 23.6. The van der Waals surface area contributed by atoms with Crippen LogP contribution in [0.15, 0.2) is 0 Å².